The molecule has 3 rings (SSSR count). The molecule has 1 aliphatic heterocycles. The van der Waals surface area contributed by atoms with Crippen LogP contribution in [-0.2, 0) is 4.74 Å². The second-order valence-corrected chi connectivity index (χ2v) is 8.80. The predicted octanol–water partition coefficient (Wildman–Crippen LogP) is 4.83. The van der Waals surface area contributed by atoms with Crippen LogP contribution >= 0.6 is 15.9 Å². The molecule has 0 unspecified atom stereocenters. The first-order chi connectivity index (χ1) is 13.1. The van der Waals surface area contributed by atoms with Crippen LogP contribution in [0.15, 0.2) is 41.1 Å². The van der Waals surface area contributed by atoms with Crippen LogP contribution in [0, 0.1) is 11.3 Å². The highest BCUT2D eigenvalue weighted by atomic mass is 79.9. The van der Waals surface area contributed by atoms with Gasteiger partial charge in [-0.2, -0.15) is 5.26 Å². The van der Waals surface area contributed by atoms with E-state index in [1.165, 1.54) is 0 Å². The van der Waals surface area contributed by atoms with Crippen molar-refractivity contribution < 1.29 is 9.53 Å². The van der Waals surface area contributed by atoms with Crippen molar-refractivity contribution in [3.8, 4) is 6.07 Å². The van der Waals surface area contributed by atoms with Gasteiger partial charge in [0.15, 0.2) is 0 Å². The lowest BCUT2D eigenvalue weighted by Gasteiger charge is -2.42. The number of fused-ring (bicyclic) bond motifs is 1. The van der Waals surface area contributed by atoms with Gasteiger partial charge in [0, 0.05) is 34.0 Å². The molecule has 0 bridgehead atoms. The zero-order valence-corrected chi connectivity index (χ0v) is 18.1. The molecule has 2 heterocycles. The van der Waals surface area contributed by atoms with Gasteiger partial charge in [-0.1, -0.05) is 6.58 Å². The smallest absolute Gasteiger partial charge is 0.414 e. The van der Waals surface area contributed by atoms with Crippen molar-refractivity contribution >= 4 is 38.6 Å². The highest BCUT2D eigenvalue weighted by molar-refractivity contribution is 9.10. The van der Waals surface area contributed by atoms with E-state index in [-0.39, 0.29) is 12.1 Å². The van der Waals surface area contributed by atoms with Gasteiger partial charge < -0.3 is 9.64 Å². The molecule has 0 saturated carbocycles. The number of carbonyl (C=O) groups is 1. The quantitative estimate of drug-likeness (QED) is 0.632. The number of nitriles is 1. The Morgan fingerprint density at radius 1 is 1.43 bits per heavy atom. The second-order valence-electron chi connectivity index (χ2n) is 7.94. The van der Waals surface area contributed by atoms with Crippen LogP contribution in [0.25, 0.3) is 10.9 Å². The Bertz CT molecular complexity index is 990. The molecule has 7 heteroatoms. The van der Waals surface area contributed by atoms with Gasteiger partial charge in [0.1, 0.15) is 11.7 Å². The molecule has 1 aliphatic rings. The lowest BCUT2D eigenvalue weighted by Crippen LogP contribution is -2.53. The van der Waals surface area contributed by atoms with Crippen molar-refractivity contribution in [1.82, 2.24) is 9.88 Å². The Morgan fingerprint density at radius 2 is 2.14 bits per heavy atom. The number of halogens is 1. The van der Waals surface area contributed by atoms with E-state index in [1.807, 2.05) is 45.9 Å². The third-order valence-electron chi connectivity index (χ3n) is 4.48. The van der Waals surface area contributed by atoms with E-state index in [0.29, 0.717) is 24.4 Å². The summed E-state index contributed by atoms with van der Waals surface area (Å²) in [5, 5.41) is 10.1. The van der Waals surface area contributed by atoms with Crippen LogP contribution in [0.3, 0.4) is 0 Å². The summed E-state index contributed by atoms with van der Waals surface area (Å²) in [6.45, 7) is 12.7. The Balaban J connectivity index is 1.93. The van der Waals surface area contributed by atoms with E-state index < -0.39 is 5.60 Å². The van der Waals surface area contributed by atoms with Crippen LogP contribution in [0.5, 0.6) is 0 Å². The first kappa shape index (κ1) is 20.2. The molecule has 0 N–H and O–H groups in total. The number of anilines is 1. The first-order valence-electron chi connectivity index (χ1n) is 9.04. The number of ether oxygens (including phenoxy) is 1. The van der Waals surface area contributed by atoms with Crippen molar-refractivity contribution in [2.24, 2.45) is 0 Å². The first-order valence-corrected chi connectivity index (χ1v) is 9.83. The summed E-state index contributed by atoms with van der Waals surface area (Å²) < 4.78 is 6.40. The minimum absolute atomic E-state index is 0.109. The van der Waals surface area contributed by atoms with Gasteiger partial charge in [-0.15, -0.1) is 0 Å². The average Bonchev–Trinajstić information content (AvgIpc) is 2.59. The maximum absolute atomic E-state index is 12.6. The molecule has 1 saturated heterocycles. The molecule has 1 aromatic carbocycles. The maximum Gasteiger partial charge on any atom is 0.414 e. The minimum atomic E-state index is -0.560. The molecular weight excluding hydrogens is 420 g/mol. The molecular formula is C21H23BrN4O2. The standard InChI is InChI=1S/C21H23BrN4O2/c1-13-11-25(12-14(2)26(13)20(27)28-21(3,4)5)18-7-6-17(22)19-16(18)8-15(9-23)10-24-19/h6-8,10,14H,1,11-12H2,2-5H3/t14-/m0/s1. The SMILES string of the molecule is C=C1CN(c2ccc(Br)c3ncc(C#N)cc23)C[C@H](C)N1C(=O)OC(C)(C)C. The second kappa shape index (κ2) is 7.44. The van der Waals surface area contributed by atoms with E-state index in [2.05, 4.69) is 38.5 Å². The minimum Gasteiger partial charge on any atom is -0.443 e. The highest BCUT2D eigenvalue weighted by Crippen LogP contribution is 2.34. The van der Waals surface area contributed by atoms with Gasteiger partial charge in [-0.3, -0.25) is 9.88 Å². The molecule has 2 aromatic rings. The summed E-state index contributed by atoms with van der Waals surface area (Å²) in [5.41, 5.74) is 2.37. The Hall–Kier alpha value is -2.59. The van der Waals surface area contributed by atoms with Gasteiger partial charge in [0.2, 0.25) is 0 Å². The van der Waals surface area contributed by atoms with Crippen molar-refractivity contribution in [3.05, 3.63) is 46.7 Å². The fourth-order valence-electron chi connectivity index (χ4n) is 3.39. The molecule has 146 valence electrons. The summed E-state index contributed by atoms with van der Waals surface area (Å²) in [5.74, 6) is 0. The van der Waals surface area contributed by atoms with Crippen molar-refractivity contribution in [2.45, 2.75) is 39.3 Å². The van der Waals surface area contributed by atoms with Crippen LogP contribution in [-0.4, -0.2) is 40.7 Å². The van der Waals surface area contributed by atoms with Crippen LogP contribution in [0.1, 0.15) is 33.3 Å². The third kappa shape index (κ3) is 3.97. The van der Waals surface area contributed by atoms with Gasteiger partial charge in [-0.05, 0) is 61.8 Å². The molecule has 6 nitrogen and oxygen atoms in total. The number of hydrogen-bond acceptors (Lipinski definition) is 5. The molecule has 1 aromatic heterocycles. The Labute approximate surface area is 173 Å². The van der Waals surface area contributed by atoms with Gasteiger partial charge >= 0.3 is 6.09 Å². The van der Waals surface area contributed by atoms with E-state index in [4.69, 9.17) is 4.74 Å². The number of pyridine rings is 1. The molecule has 0 radical (unpaired) electrons. The van der Waals surface area contributed by atoms with E-state index in [0.717, 1.165) is 21.1 Å². The van der Waals surface area contributed by atoms with Gasteiger partial charge in [0.25, 0.3) is 0 Å². The monoisotopic (exact) mass is 442 g/mol. The van der Waals surface area contributed by atoms with E-state index in [1.54, 1.807) is 11.1 Å². The summed E-state index contributed by atoms with van der Waals surface area (Å²) in [7, 11) is 0. The number of carbonyl (C=O) groups excluding carboxylic acids is 1. The predicted molar refractivity (Wildman–Crippen MR) is 113 cm³/mol. The number of piperazine rings is 1. The fraction of sp³-hybridized carbons (Fsp3) is 0.381. The topological polar surface area (TPSA) is 69.5 Å². The molecule has 1 fully saturated rings. The number of rotatable bonds is 1. The Kier molecular flexibility index (Phi) is 5.35. The number of benzene rings is 1. The average molecular weight is 443 g/mol. The zero-order valence-electron chi connectivity index (χ0n) is 16.5. The van der Waals surface area contributed by atoms with Gasteiger partial charge in [-0.25, -0.2) is 4.79 Å². The van der Waals surface area contributed by atoms with E-state index in [9.17, 15) is 10.1 Å². The van der Waals surface area contributed by atoms with Crippen LogP contribution < -0.4 is 4.90 Å². The normalized spacial score (nSPS) is 17.6. The molecule has 0 aliphatic carbocycles. The third-order valence-corrected chi connectivity index (χ3v) is 5.12. The van der Waals surface area contributed by atoms with Crippen LogP contribution in [0.2, 0.25) is 0 Å². The lowest BCUT2D eigenvalue weighted by atomic mass is 10.1. The largest absolute Gasteiger partial charge is 0.443 e. The lowest BCUT2D eigenvalue weighted by molar-refractivity contribution is 0.0238. The van der Waals surface area contributed by atoms with Crippen LogP contribution in [0.4, 0.5) is 10.5 Å². The summed E-state index contributed by atoms with van der Waals surface area (Å²) in [6, 6.07) is 7.83. The number of amides is 1. The highest BCUT2D eigenvalue weighted by Gasteiger charge is 2.34. The zero-order chi connectivity index (χ0) is 20.6. The maximum atomic E-state index is 12.6. The van der Waals surface area contributed by atoms with Crippen molar-refractivity contribution in [3.63, 3.8) is 0 Å². The molecule has 1 amide bonds. The summed E-state index contributed by atoms with van der Waals surface area (Å²) in [6.07, 6.45) is 1.19. The van der Waals surface area contributed by atoms with Crippen molar-refractivity contribution in [2.75, 3.05) is 18.0 Å². The fourth-order valence-corrected chi connectivity index (χ4v) is 3.83. The summed E-state index contributed by atoms with van der Waals surface area (Å²) >= 11 is 3.53. The Morgan fingerprint density at radius 3 is 2.75 bits per heavy atom. The van der Waals surface area contributed by atoms with E-state index >= 15 is 0 Å². The van der Waals surface area contributed by atoms with Gasteiger partial charge in [0.05, 0.1) is 23.7 Å². The summed E-state index contributed by atoms with van der Waals surface area (Å²) in [4.78, 5) is 20.8. The molecule has 1 atom stereocenters. The molecule has 0 spiro atoms. The number of nitrogens with zero attached hydrogens (tertiary/aromatic N) is 4. The number of hydrogen-bond donors (Lipinski definition) is 0. The van der Waals surface area contributed by atoms with Crippen molar-refractivity contribution in [1.29, 1.82) is 5.26 Å². The number of aromatic nitrogens is 1. The molecule has 28 heavy (non-hydrogen) atoms.